The Labute approximate surface area is 201 Å². The minimum absolute atomic E-state index is 0.0223. The molecule has 3 N–H and O–H groups in total. The molecular weight excluding hydrogens is 459 g/mol. The zero-order valence-corrected chi connectivity index (χ0v) is 19.9. The van der Waals surface area contributed by atoms with Crippen LogP contribution in [-0.4, -0.2) is 42.4 Å². The number of aryl methyl sites for hydroxylation is 1. The molecule has 3 heterocycles. The molecule has 0 radical (unpaired) electrons. The summed E-state index contributed by atoms with van der Waals surface area (Å²) in [6.45, 7) is 8.37. The summed E-state index contributed by atoms with van der Waals surface area (Å²) in [5, 5.41) is 4.13. The van der Waals surface area contributed by atoms with Crippen molar-refractivity contribution in [3.8, 4) is 5.75 Å². The number of nitrogens with zero attached hydrogens (tertiary/aromatic N) is 3. The maximum absolute atomic E-state index is 13.4. The third kappa shape index (κ3) is 4.54. The van der Waals surface area contributed by atoms with E-state index in [0.29, 0.717) is 30.4 Å². The summed E-state index contributed by atoms with van der Waals surface area (Å²) < 4.78 is 51.8. The van der Waals surface area contributed by atoms with Crippen LogP contribution in [0.15, 0.2) is 24.3 Å². The molecule has 1 fully saturated rings. The molecule has 35 heavy (non-hydrogen) atoms. The third-order valence-corrected chi connectivity index (χ3v) is 6.45. The number of alkyl halides is 3. The van der Waals surface area contributed by atoms with Crippen LogP contribution >= 0.6 is 0 Å². The van der Waals surface area contributed by atoms with Gasteiger partial charge in [-0.3, -0.25) is 0 Å². The van der Waals surface area contributed by atoms with Gasteiger partial charge in [0, 0.05) is 36.1 Å². The van der Waals surface area contributed by atoms with Crippen molar-refractivity contribution in [1.82, 2.24) is 9.97 Å². The molecule has 186 valence electrons. The van der Waals surface area contributed by atoms with Crippen molar-refractivity contribution in [3.05, 3.63) is 46.8 Å². The average Bonchev–Trinajstić information content (AvgIpc) is 3.20. The summed E-state index contributed by atoms with van der Waals surface area (Å²) >= 11 is 0. The Morgan fingerprint density at radius 3 is 2.60 bits per heavy atom. The van der Waals surface area contributed by atoms with Gasteiger partial charge < -0.3 is 25.4 Å². The second kappa shape index (κ2) is 8.75. The topological polar surface area (TPSA) is 85.5 Å². The normalized spacial score (nSPS) is 18.9. The van der Waals surface area contributed by atoms with E-state index in [1.165, 1.54) is 0 Å². The first kappa shape index (κ1) is 23.5. The molecule has 1 saturated heterocycles. The Morgan fingerprint density at radius 2 is 1.89 bits per heavy atom. The number of hydrogen-bond donors (Lipinski definition) is 2. The molecule has 2 atom stereocenters. The third-order valence-electron chi connectivity index (χ3n) is 6.45. The fraction of sp³-hybridized carbons (Fsp3) is 0.440. The van der Waals surface area contributed by atoms with Crippen molar-refractivity contribution in [1.29, 1.82) is 0 Å². The lowest BCUT2D eigenvalue weighted by atomic mass is 10.0. The molecule has 0 saturated carbocycles. The first-order chi connectivity index (χ1) is 16.6. The van der Waals surface area contributed by atoms with E-state index in [2.05, 4.69) is 15.2 Å². The molecule has 0 spiro atoms. The van der Waals surface area contributed by atoms with E-state index in [9.17, 15) is 13.2 Å². The number of aromatic nitrogens is 2. The number of hydrogen-bond acceptors (Lipinski definition) is 7. The number of benzene rings is 2. The van der Waals surface area contributed by atoms with Crippen LogP contribution in [0.25, 0.3) is 10.9 Å². The van der Waals surface area contributed by atoms with Gasteiger partial charge in [0.05, 0.1) is 36.0 Å². The maximum atomic E-state index is 13.4. The van der Waals surface area contributed by atoms with Crippen molar-refractivity contribution < 1.29 is 22.6 Å². The lowest BCUT2D eigenvalue weighted by Gasteiger charge is -2.30. The van der Waals surface area contributed by atoms with Gasteiger partial charge in [-0.1, -0.05) is 0 Å². The molecular formula is C25H28F3N5O2. The highest BCUT2D eigenvalue weighted by atomic mass is 19.4. The van der Waals surface area contributed by atoms with Crippen LogP contribution in [-0.2, 0) is 17.3 Å². The predicted octanol–water partition coefficient (Wildman–Crippen LogP) is 4.87. The fourth-order valence-electron chi connectivity index (χ4n) is 4.79. The highest BCUT2D eigenvalue weighted by molar-refractivity contribution is 5.97. The summed E-state index contributed by atoms with van der Waals surface area (Å²) in [6.07, 6.45) is -3.74. The van der Waals surface area contributed by atoms with Crippen molar-refractivity contribution in [2.24, 2.45) is 0 Å². The summed E-state index contributed by atoms with van der Waals surface area (Å²) in [4.78, 5) is 11.6. The van der Waals surface area contributed by atoms with Crippen LogP contribution in [0.3, 0.4) is 0 Å². The maximum Gasteiger partial charge on any atom is 0.416 e. The van der Waals surface area contributed by atoms with E-state index in [-0.39, 0.29) is 11.8 Å². The van der Waals surface area contributed by atoms with Gasteiger partial charge in [-0.25, -0.2) is 9.97 Å². The number of nitrogens with one attached hydrogen (secondary N) is 1. The van der Waals surface area contributed by atoms with Gasteiger partial charge >= 0.3 is 6.18 Å². The number of anilines is 3. The quantitative estimate of drug-likeness (QED) is 0.508. The molecule has 5 rings (SSSR count). The second-order valence-electron chi connectivity index (χ2n) is 9.20. The number of rotatable bonds is 4. The van der Waals surface area contributed by atoms with Gasteiger partial charge in [0.25, 0.3) is 0 Å². The van der Waals surface area contributed by atoms with Crippen LogP contribution in [0, 0.1) is 6.92 Å². The van der Waals surface area contributed by atoms with Crippen LogP contribution in [0.2, 0.25) is 0 Å². The van der Waals surface area contributed by atoms with Crippen molar-refractivity contribution in [3.63, 3.8) is 0 Å². The van der Waals surface area contributed by atoms with Crippen LogP contribution in [0.5, 0.6) is 5.75 Å². The zero-order valence-electron chi connectivity index (χ0n) is 19.9. The second-order valence-corrected chi connectivity index (χ2v) is 9.20. The Bertz CT molecular complexity index is 1270. The summed E-state index contributed by atoms with van der Waals surface area (Å²) in [5.41, 5.74) is 8.30. The van der Waals surface area contributed by atoms with Gasteiger partial charge in [-0.15, -0.1) is 0 Å². The molecule has 10 heteroatoms. The molecule has 0 amide bonds. The zero-order chi connectivity index (χ0) is 24.9. The van der Waals surface area contributed by atoms with Gasteiger partial charge in [0.2, 0.25) is 0 Å². The molecule has 3 aromatic rings. The highest BCUT2D eigenvalue weighted by Gasteiger charge is 2.32. The van der Waals surface area contributed by atoms with E-state index in [1.54, 1.807) is 19.9 Å². The summed E-state index contributed by atoms with van der Waals surface area (Å²) in [7, 11) is 0. The number of fused-ring (bicyclic) bond motifs is 3. The minimum Gasteiger partial charge on any atom is -0.488 e. The van der Waals surface area contributed by atoms with E-state index in [1.807, 2.05) is 13.0 Å². The average molecular weight is 488 g/mol. The fourth-order valence-corrected chi connectivity index (χ4v) is 4.79. The first-order valence-corrected chi connectivity index (χ1v) is 11.7. The number of halogens is 3. The van der Waals surface area contributed by atoms with Crippen LogP contribution in [0.1, 0.15) is 42.4 Å². The summed E-state index contributed by atoms with van der Waals surface area (Å²) in [6, 6.07) is 5.16. The van der Waals surface area contributed by atoms with Gasteiger partial charge in [0.15, 0.2) is 0 Å². The Balaban J connectivity index is 1.59. The standard InChI is InChI=1S/C25H28F3N5O2/c1-13-8-19-22-20(12-21(23(19)35-13)33-4-6-34-7-5-33)24(32-15(3)31-22)30-14(2)16-9-17(25(26,27)28)11-18(29)10-16/h9-14H,4-8,29H2,1-3H3,(H,30,31,32)/t13?,14-/m1/s1. The molecule has 2 aromatic carbocycles. The minimum atomic E-state index is -4.48. The van der Waals surface area contributed by atoms with Gasteiger partial charge in [-0.05, 0) is 50.6 Å². The molecule has 2 aliphatic rings. The van der Waals surface area contributed by atoms with E-state index in [4.69, 9.17) is 20.2 Å². The SMILES string of the molecule is Cc1nc(N[C@H](C)c2cc(N)cc(C(F)(F)F)c2)c2cc(N3CCOCC3)c3c(c2n1)CC(C)O3. The lowest BCUT2D eigenvalue weighted by molar-refractivity contribution is -0.137. The number of nitrogens with two attached hydrogens (primary N) is 1. The smallest absolute Gasteiger partial charge is 0.416 e. The molecule has 0 aliphatic carbocycles. The van der Waals surface area contributed by atoms with Crippen molar-refractivity contribution >= 4 is 28.1 Å². The molecule has 0 bridgehead atoms. The Hall–Kier alpha value is -3.27. The van der Waals surface area contributed by atoms with Gasteiger partial charge in [0.1, 0.15) is 23.5 Å². The van der Waals surface area contributed by atoms with E-state index in [0.717, 1.165) is 59.5 Å². The molecule has 2 aliphatic heterocycles. The number of nitrogen functional groups attached to an aromatic ring is 1. The van der Waals surface area contributed by atoms with Crippen molar-refractivity contribution in [2.45, 2.75) is 45.5 Å². The predicted molar refractivity (Wildman–Crippen MR) is 129 cm³/mol. The lowest BCUT2D eigenvalue weighted by Crippen LogP contribution is -2.36. The van der Waals surface area contributed by atoms with Gasteiger partial charge in [-0.2, -0.15) is 13.2 Å². The number of ether oxygens (including phenoxy) is 2. The highest BCUT2D eigenvalue weighted by Crippen LogP contribution is 2.45. The van der Waals surface area contributed by atoms with Crippen LogP contribution in [0.4, 0.5) is 30.4 Å². The monoisotopic (exact) mass is 487 g/mol. The first-order valence-electron chi connectivity index (χ1n) is 11.7. The molecule has 7 nitrogen and oxygen atoms in total. The largest absolute Gasteiger partial charge is 0.488 e. The van der Waals surface area contributed by atoms with Crippen LogP contribution < -0.4 is 20.7 Å². The Morgan fingerprint density at radius 1 is 1.14 bits per heavy atom. The number of morpholine rings is 1. The van der Waals surface area contributed by atoms with Crippen molar-refractivity contribution in [2.75, 3.05) is 42.3 Å². The van der Waals surface area contributed by atoms with E-state index < -0.39 is 17.8 Å². The summed E-state index contributed by atoms with van der Waals surface area (Å²) in [5.74, 6) is 1.97. The molecule has 1 unspecified atom stereocenters. The van der Waals surface area contributed by atoms with E-state index >= 15 is 0 Å². The Kier molecular flexibility index (Phi) is 5.86. The molecule has 1 aromatic heterocycles.